The van der Waals surface area contributed by atoms with Crippen molar-refractivity contribution in [3.05, 3.63) is 83.9 Å². The topological polar surface area (TPSA) is 75.7 Å². The summed E-state index contributed by atoms with van der Waals surface area (Å²) in [6, 6.07) is 21.5. The number of ether oxygens (including phenoxy) is 1. The van der Waals surface area contributed by atoms with Crippen LogP contribution in [0.2, 0.25) is 5.02 Å². The van der Waals surface area contributed by atoms with Gasteiger partial charge in [0.1, 0.15) is 5.75 Å². The van der Waals surface area contributed by atoms with E-state index in [0.717, 1.165) is 0 Å². The van der Waals surface area contributed by atoms with Gasteiger partial charge in [-0.05, 0) is 54.6 Å². The SMILES string of the molecule is CN(c1ccccc1)S(=O)(=O)c1cccc(NC(=O)COc2ccc(Cl)cc2)c1. The second-order valence-corrected chi connectivity index (χ2v) is 8.53. The number of hydrogen-bond donors (Lipinski definition) is 1. The van der Waals surface area contributed by atoms with Crippen LogP contribution in [0, 0.1) is 0 Å². The van der Waals surface area contributed by atoms with Gasteiger partial charge in [-0.25, -0.2) is 8.42 Å². The van der Waals surface area contributed by atoms with Gasteiger partial charge in [0.15, 0.2) is 6.61 Å². The lowest BCUT2D eigenvalue weighted by Gasteiger charge is -2.19. The average molecular weight is 431 g/mol. The summed E-state index contributed by atoms with van der Waals surface area (Å²) < 4.78 is 32.4. The molecule has 3 rings (SSSR count). The summed E-state index contributed by atoms with van der Waals surface area (Å²) in [5.74, 6) is 0.0938. The molecule has 0 aliphatic carbocycles. The van der Waals surface area contributed by atoms with Gasteiger partial charge in [-0.3, -0.25) is 9.10 Å². The number of carbonyl (C=O) groups is 1. The molecule has 0 unspecified atom stereocenters. The highest BCUT2D eigenvalue weighted by atomic mass is 35.5. The molecule has 150 valence electrons. The minimum Gasteiger partial charge on any atom is -0.484 e. The van der Waals surface area contributed by atoms with Crippen LogP contribution in [0.15, 0.2) is 83.8 Å². The number of anilines is 2. The molecule has 0 fully saturated rings. The van der Waals surface area contributed by atoms with Crippen LogP contribution < -0.4 is 14.4 Å². The van der Waals surface area contributed by atoms with E-state index < -0.39 is 15.9 Å². The molecular formula is C21H19ClN2O4S. The van der Waals surface area contributed by atoms with Gasteiger partial charge in [-0.1, -0.05) is 35.9 Å². The Hall–Kier alpha value is -3.03. The molecule has 0 aliphatic rings. The Kier molecular flexibility index (Phi) is 6.41. The predicted octanol–water partition coefficient (Wildman–Crippen LogP) is 4.18. The van der Waals surface area contributed by atoms with Crippen molar-refractivity contribution in [2.75, 3.05) is 23.3 Å². The third-order valence-corrected chi connectivity index (χ3v) is 6.11. The zero-order valence-electron chi connectivity index (χ0n) is 15.6. The van der Waals surface area contributed by atoms with Crippen molar-refractivity contribution >= 4 is 38.9 Å². The molecule has 0 aliphatic heterocycles. The van der Waals surface area contributed by atoms with Crippen molar-refractivity contribution in [1.29, 1.82) is 0 Å². The number of amides is 1. The van der Waals surface area contributed by atoms with E-state index in [2.05, 4.69) is 5.32 Å². The second-order valence-electron chi connectivity index (χ2n) is 6.13. The fraction of sp³-hybridized carbons (Fsp3) is 0.0952. The van der Waals surface area contributed by atoms with Gasteiger partial charge < -0.3 is 10.1 Å². The van der Waals surface area contributed by atoms with Gasteiger partial charge in [-0.15, -0.1) is 0 Å². The number of nitrogens with one attached hydrogen (secondary N) is 1. The van der Waals surface area contributed by atoms with Crippen LogP contribution >= 0.6 is 11.6 Å². The van der Waals surface area contributed by atoms with Crippen molar-refractivity contribution < 1.29 is 17.9 Å². The Balaban J connectivity index is 1.68. The number of para-hydroxylation sites is 1. The largest absolute Gasteiger partial charge is 0.484 e. The Bertz CT molecular complexity index is 1090. The van der Waals surface area contributed by atoms with Crippen molar-refractivity contribution in [1.82, 2.24) is 0 Å². The van der Waals surface area contributed by atoms with Gasteiger partial charge >= 0.3 is 0 Å². The third-order valence-electron chi connectivity index (χ3n) is 4.08. The van der Waals surface area contributed by atoms with Crippen molar-refractivity contribution in [2.45, 2.75) is 4.90 Å². The number of nitrogens with zero attached hydrogens (tertiary/aromatic N) is 1. The summed E-state index contributed by atoms with van der Waals surface area (Å²) in [5.41, 5.74) is 0.899. The van der Waals surface area contributed by atoms with Gasteiger partial charge in [0.25, 0.3) is 15.9 Å². The molecule has 1 N–H and O–H groups in total. The molecule has 8 heteroatoms. The molecule has 0 radical (unpaired) electrons. The highest BCUT2D eigenvalue weighted by Crippen LogP contribution is 2.23. The Labute approximate surface area is 174 Å². The van der Waals surface area contributed by atoms with Crippen molar-refractivity contribution in [3.8, 4) is 5.75 Å². The minimum absolute atomic E-state index is 0.0697. The Morgan fingerprint density at radius 2 is 1.69 bits per heavy atom. The molecule has 6 nitrogen and oxygen atoms in total. The maximum Gasteiger partial charge on any atom is 0.264 e. The Morgan fingerprint density at radius 3 is 2.38 bits per heavy atom. The van der Waals surface area contributed by atoms with Gasteiger partial charge in [-0.2, -0.15) is 0 Å². The predicted molar refractivity (Wildman–Crippen MR) is 114 cm³/mol. The van der Waals surface area contributed by atoms with Crippen LogP contribution in [0.4, 0.5) is 11.4 Å². The smallest absolute Gasteiger partial charge is 0.264 e. The lowest BCUT2D eigenvalue weighted by atomic mass is 10.3. The molecular weight excluding hydrogens is 412 g/mol. The number of rotatable bonds is 7. The quantitative estimate of drug-likeness (QED) is 0.610. The summed E-state index contributed by atoms with van der Waals surface area (Å²) in [6.07, 6.45) is 0. The van der Waals surface area contributed by atoms with E-state index in [-0.39, 0.29) is 11.5 Å². The van der Waals surface area contributed by atoms with E-state index in [9.17, 15) is 13.2 Å². The minimum atomic E-state index is -3.77. The molecule has 0 bridgehead atoms. The third kappa shape index (κ3) is 5.28. The fourth-order valence-electron chi connectivity index (χ4n) is 2.55. The van der Waals surface area contributed by atoms with Gasteiger partial charge in [0.2, 0.25) is 0 Å². The number of sulfonamides is 1. The van der Waals surface area contributed by atoms with Gasteiger partial charge in [0.05, 0.1) is 10.6 Å². The maximum atomic E-state index is 12.9. The number of carbonyl (C=O) groups excluding carboxylic acids is 1. The highest BCUT2D eigenvalue weighted by molar-refractivity contribution is 7.92. The molecule has 0 saturated heterocycles. The molecule has 3 aromatic rings. The van der Waals surface area contributed by atoms with Crippen LogP contribution in [-0.2, 0) is 14.8 Å². The van der Waals surface area contributed by atoms with E-state index in [1.807, 2.05) is 6.07 Å². The van der Waals surface area contributed by atoms with Gasteiger partial charge in [0, 0.05) is 17.8 Å². The lowest BCUT2D eigenvalue weighted by molar-refractivity contribution is -0.118. The standard InChI is InChI=1S/C21H19ClN2O4S/c1-24(18-7-3-2-4-8-18)29(26,27)20-9-5-6-17(14-20)23-21(25)15-28-19-12-10-16(22)11-13-19/h2-14H,15H2,1H3,(H,23,25). The molecule has 0 spiro atoms. The summed E-state index contributed by atoms with van der Waals surface area (Å²) >= 11 is 5.81. The van der Waals surface area contributed by atoms with Crippen LogP contribution in [0.3, 0.4) is 0 Å². The summed E-state index contributed by atoms with van der Waals surface area (Å²) in [5, 5.41) is 3.21. The van der Waals surface area contributed by atoms with Crippen molar-refractivity contribution in [3.63, 3.8) is 0 Å². The van der Waals surface area contributed by atoms with Crippen LogP contribution in [-0.4, -0.2) is 28.0 Å². The molecule has 0 saturated carbocycles. The van der Waals surface area contributed by atoms with Crippen molar-refractivity contribution in [2.24, 2.45) is 0 Å². The molecule has 3 aromatic carbocycles. The lowest BCUT2D eigenvalue weighted by Crippen LogP contribution is -2.26. The molecule has 0 atom stereocenters. The van der Waals surface area contributed by atoms with E-state index in [1.165, 1.54) is 23.5 Å². The number of benzene rings is 3. The molecule has 0 heterocycles. The first-order valence-electron chi connectivity index (χ1n) is 8.68. The summed E-state index contributed by atoms with van der Waals surface area (Å²) in [6.45, 7) is -0.220. The summed E-state index contributed by atoms with van der Waals surface area (Å²) in [7, 11) is -2.29. The number of hydrogen-bond acceptors (Lipinski definition) is 4. The first kappa shape index (κ1) is 20.7. The van der Waals surface area contributed by atoms with E-state index >= 15 is 0 Å². The fourth-order valence-corrected chi connectivity index (χ4v) is 3.91. The number of halogens is 1. The molecule has 0 aromatic heterocycles. The van der Waals surface area contributed by atoms with Crippen LogP contribution in [0.5, 0.6) is 5.75 Å². The van der Waals surface area contributed by atoms with E-state index in [4.69, 9.17) is 16.3 Å². The first-order chi connectivity index (χ1) is 13.9. The average Bonchev–Trinajstić information content (AvgIpc) is 2.73. The Morgan fingerprint density at radius 1 is 1.00 bits per heavy atom. The normalized spacial score (nSPS) is 11.0. The zero-order chi connectivity index (χ0) is 20.9. The monoisotopic (exact) mass is 430 g/mol. The highest BCUT2D eigenvalue weighted by Gasteiger charge is 2.21. The van der Waals surface area contributed by atoms with Crippen LogP contribution in [0.1, 0.15) is 0 Å². The zero-order valence-corrected chi connectivity index (χ0v) is 17.2. The maximum absolute atomic E-state index is 12.9. The van der Waals surface area contributed by atoms with E-state index in [1.54, 1.807) is 60.7 Å². The second kappa shape index (κ2) is 8.98. The molecule has 29 heavy (non-hydrogen) atoms. The van der Waals surface area contributed by atoms with E-state index in [0.29, 0.717) is 22.1 Å². The first-order valence-corrected chi connectivity index (χ1v) is 10.5. The molecule has 1 amide bonds. The van der Waals surface area contributed by atoms with Crippen LogP contribution in [0.25, 0.3) is 0 Å². The summed E-state index contributed by atoms with van der Waals surface area (Å²) in [4.78, 5) is 12.2.